The molecule has 0 fully saturated rings. The van der Waals surface area contributed by atoms with Crippen molar-refractivity contribution in [2.75, 3.05) is 4.90 Å². The lowest BCUT2D eigenvalue weighted by molar-refractivity contribution is 0.568. The molecule has 0 bridgehead atoms. The molecule has 0 aliphatic heterocycles. The maximum atomic E-state index is 15.0. The molecule has 0 aliphatic rings. The number of rotatable bonds is 7. The number of hydrogen-bond donors (Lipinski definition) is 0. The van der Waals surface area contributed by atoms with E-state index in [4.69, 9.17) is 0 Å². The third-order valence-corrected chi connectivity index (χ3v) is 11.7. The van der Waals surface area contributed by atoms with Crippen molar-refractivity contribution in [3.63, 3.8) is 0 Å². The fraction of sp³-hybridized carbons (Fsp3) is 0.0417. The molecule has 0 unspecified atom stereocenters. The summed E-state index contributed by atoms with van der Waals surface area (Å²) in [7, 11) is 0. The van der Waals surface area contributed by atoms with Crippen LogP contribution in [0.5, 0.6) is 0 Å². The number of para-hydroxylation sites is 2. The van der Waals surface area contributed by atoms with Gasteiger partial charge in [-0.05, 0) is 118 Å². The molecule has 0 spiro atoms. The zero-order chi connectivity index (χ0) is 37.2. The van der Waals surface area contributed by atoms with Gasteiger partial charge in [0, 0.05) is 82.4 Å². The summed E-state index contributed by atoms with van der Waals surface area (Å²) in [6, 6.07) is 53.4. The molecule has 0 amide bonds. The van der Waals surface area contributed by atoms with Crippen LogP contribution in [-0.2, 0) is 13.1 Å². The van der Waals surface area contributed by atoms with Crippen molar-refractivity contribution >= 4 is 94.0 Å². The van der Waals surface area contributed by atoms with Gasteiger partial charge in [0.05, 0.1) is 6.54 Å². The maximum Gasteiger partial charge on any atom is 0.131 e. The van der Waals surface area contributed by atoms with Gasteiger partial charge in [-0.15, -0.1) is 0 Å². The van der Waals surface area contributed by atoms with E-state index >= 15 is 0 Å². The van der Waals surface area contributed by atoms with Crippen LogP contribution in [0.3, 0.4) is 0 Å². The Morgan fingerprint density at radius 2 is 0.909 bits per heavy atom. The average Bonchev–Trinajstić information content (AvgIpc) is 3.68. The molecule has 2 aromatic heterocycles. The van der Waals surface area contributed by atoms with Gasteiger partial charge in [-0.2, -0.15) is 0 Å². The highest BCUT2D eigenvalue weighted by Gasteiger charge is 2.20. The first-order valence-corrected chi connectivity index (χ1v) is 19.2. The quantitative estimate of drug-likeness (QED) is 0.146. The summed E-state index contributed by atoms with van der Waals surface area (Å²) in [5.74, 6) is -1.39. The Kier molecular flexibility index (Phi) is 8.13. The van der Waals surface area contributed by atoms with Crippen molar-refractivity contribution in [1.29, 1.82) is 0 Å². The molecular weight excluding hydrogens is 802 g/mol. The fourth-order valence-electron chi connectivity index (χ4n) is 8.11. The Balaban J connectivity index is 1.17. The summed E-state index contributed by atoms with van der Waals surface area (Å²) in [6.07, 6.45) is 0. The number of fused-ring (bicyclic) bond motifs is 7. The molecule has 3 nitrogen and oxygen atoms in total. The lowest BCUT2D eigenvalue weighted by atomic mass is 10.1. The molecule has 10 aromatic rings. The molecule has 0 aliphatic carbocycles. The Bertz CT molecular complexity index is 2950. The molecule has 0 saturated heterocycles. The van der Waals surface area contributed by atoms with Crippen LogP contribution in [-0.4, -0.2) is 9.13 Å². The van der Waals surface area contributed by atoms with E-state index in [-0.39, 0.29) is 12.4 Å². The normalized spacial score (nSPS) is 11.8. The maximum absolute atomic E-state index is 15.0. The summed E-state index contributed by atoms with van der Waals surface area (Å²) in [4.78, 5) is 2.30. The first-order valence-electron chi connectivity index (χ1n) is 18.1. The largest absolute Gasteiger partial charge is 0.336 e. The lowest BCUT2D eigenvalue weighted by Gasteiger charge is -2.26. The first kappa shape index (κ1) is 33.5. The summed E-state index contributed by atoms with van der Waals surface area (Å²) >= 11 is 2.22. The Hall–Kier alpha value is -6.06. The van der Waals surface area contributed by atoms with E-state index in [0.717, 1.165) is 86.6 Å². The molecule has 0 atom stereocenters. The van der Waals surface area contributed by atoms with Crippen LogP contribution in [0.2, 0.25) is 0 Å². The lowest BCUT2D eigenvalue weighted by Crippen LogP contribution is -2.10. The Labute approximate surface area is 328 Å². The standard InChI is InChI=1S/C48H31F3IN3/c49-34-16-13-32(43(51)24-34)28-53-45-11-5-3-9-39(45)41-26-37(19-21-47(41)53)55(36-18-15-30-7-1-2-8-31(30)23-36)38-20-22-48-42(27-38)40-10-4-6-12-46(40)54(48)29-33-14-17-35(50)25-44(33)52/h1-27H,28-29H2. The topological polar surface area (TPSA) is 13.1 Å². The number of anilines is 3. The molecule has 10 rings (SSSR count). The summed E-state index contributed by atoms with van der Waals surface area (Å²) < 4.78 is 48.2. The highest BCUT2D eigenvalue weighted by atomic mass is 127. The Morgan fingerprint density at radius 1 is 0.418 bits per heavy atom. The molecule has 7 heteroatoms. The summed E-state index contributed by atoms with van der Waals surface area (Å²) in [5.41, 5.74) is 8.60. The third kappa shape index (κ3) is 5.81. The van der Waals surface area contributed by atoms with Crippen molar-refractivity contribution in [1.82, 2.24) is 9.13 Å². The van der Waals surface area contributed by atoms with Crippen LogP contribution in [0, 0.1) is 21.0 Å². The smallest absolute Gasteiger partial charge is 0.131 e. The molecule has 266 valence electrons. The number of aromatic nitrogens is 2. The van der Waals surface area contributed by atoms with Crippen molar-refractivity contribution in [3.05, 3.63) is 196 Å². The number of halogens is 4. The van der Waals surface area contributed by atoms with Crippen molar-refractivity contribution in [2.45, 2.75) is 13.1 Å². The highest BCUT2D eigenvalue weighted by molar-refractivity contribution is 14.1. The average molecular weight is 834 g/mol. The van der Waals surface area contributed by atoms with Crippen LogP contribution in [0.4, 0.5) is 30.2 Å². The second kappa shape index (κ2) is 13.4. The monoisotopic (exact) mass is 833 g/mol. The van der Waals surface area contributed by atoms with Gasteiger partial charge in [-0.1, -0.05) is 78.9 Å². The van der Waals surface area contributed by atoms with Crippen LogP contribution in [0.1, 0.15) is 11.1 Å². The van der Waals surface area contributed by atoms with Gasteiger partial charge >= 0.3 is 0 Å². The molecule has 2 heterocycles. The summed E-state index contributed by atoms with van der Waals surface area (Å²) in [5, 5.41) is 6.64. The minimum absolute atomic E-state index is 0.238. The van der Waals surface area contributed by atoms with E-state index in [1.807, 2.05) is 24.3 Å². The van der Waals surface area contributed by atoms with Gasteiger partial charge in [0.25, 0.3) is 0 Å². The zero-order valence-electron chi connectivity index (χ0n) is 29.4. The van der Waals surface area contributed by atoms with Gasteiger partial charge in [0.1, 0.15) is 17.5 Å². The molecule has 8 aromatic carbocycles. The summed E-state index contributed by atoms with van der Waals surface area (Å²) in [6.45, 7) is 0.875. The highest BCUT2D eigenvalue weighted by Crippen LogP contribution is 2.42. The molecule has 55 heavy (non-hydrogen) atoms. The van der Waals surface area contributed by atoms with Gasteiger partial charge < -0.3 is 14.0 Å². The van der Waals surface area contributed by atoms with Crippen molar-refractivity contribution in [3.8, 4) is 0 Å². The van der Waals surface area contributed by atoms with E-state index in [9.17, 15) is 13.2 Å². The van der Waals surface area contributed by atoms with Crippen LogP contribution >= 0.6 is 22.6 Å². The van der Waals surface area contributed by atoms with Gasteiger partial charge in [-0.25, -0.2) is 13.2 Å². The predicted octanol–water partition coefficient (Wildman–Crippen LogP) is 13.6. The van der Waals surface area contributed by atoms with Gasteiger partial charge in [0.15, 0.2) is 0 Å². The van der Waals surface area contributed by atoms with Crippen molar-refractivity contribution < 1.29 is 13.2 Å². The molecular formula is C48H31F3IN3. The van der Waals surface area contributed by atoms with E-state index in [1.165, 1.54) is 18.2 Å². The second-order valence-corrected chi connectivity index (χ2v) is 15.1. The van der Waals surface area contributed by atoms with Crippen molar-refractivity contribution in [2.24, 2.45) is 0 Å². The van der Waals surface area contributed by atoms with E-state index < -0.39 is 11.6 Å². The van der Waals surface area contributed by atoms with Crippen LogP contribution in [0.25, 0.3) is 54.4 Å². The zero-order valence-corrected chi connectivity index (χ0v) is 31.5. The van der Waals surface area contributed by atoms with Crippen LogP contribution in [0.15, 0.2) is 164 Å². The van der Waals surface area contributed by atoms with E-state index in [1.54, 1.807) is 6.07 Å². The fourth-order valence-corrected chi connectivity index (χ4v) is 8.75. The molecule has 0 saturated carbocycles. The minimum Gasteiger partial charge on any atom is -0.336 e. The number of benzene rings is 8. The van der Waals surface area contributed by atoms with Crippen LogP contribution < -0.4 is 4.90 Å². The molecule has 0 N–H and O–H groups in total. The number of nitrogens with zero attached hydrogens (tertiary/aromatic N) is 3. The van der Waals surface area contributed by atoms with E-state index in [0.29, 0.717) is 12.1 Å². The minimum atomic E-state index is -0.590. The van der Waals surface area contributed by atoms with Gasteiger partial charge in [-0.3, -0.25) is 0 Å². The Morgan fingerprint density at radius 3 is 1.53 bits per heavy atom. The molecule has 0 radical (unpaired) electrons. The number of hydrogen-bond acceptors (Lipinski definition) is 1. The van der Waals surface area contributed by atoms with E-state index in [2.05, 4.69) is 146 Å². The third-order valence-electron chi connectivity index (χ3n) is 10.7. The SMILES string of the molecule is Fc1ccc(Cn2c3ccccc3c3cc(N(c4ccc5ccccc5c4)c4ccc5c(c4)c4ccccc4n5Cc4ccc(F)cc4I)ccc32)c(F)c1. The predicted molar refractivity (Wildman–Crippen MR) is 228 cm³/mol. The van der Waals surface area contributed by atoms with Gasteiger partial charge in [0.2, 0.25) is 0 Å². The first-order chi connectivity index (χ1) is 26.9. The second-order valence-electron chi connectivity index (χ2n) is 13.9.